The molecule has 20 heavy (non-hydrogen) atoms. The Kier molecular flexibility index (Phi) is 5.42. The predicted octanol–water partition coefficient (Wildman–Crippen LogP) is 2.76. The fourth-order valence-corrected chi connectivity index (χ4v) is 2.88. The van der Waals surface area contributed by atoms with Gasteiger partial charge in [-0.15, -0.1) is 0 Å². The van der Waals surface area contributed by atoms with E-state index >= 15 is 0 Å². The van der Waals surface area contributed by atoms with E-state index in [-0.39, 0.29) is 11.4 Å². The van der Waals surface area contributed by atoms with E-state index in [2.05, 4.69) is 17.6 Å². The number of hydrogen-bond acceptors (Lipinski definition) is 2. The molecular weight excluding hydrogens is 256 g/mol. The Bertz CT molecular complexity index is 355. The van der Waals surface area contributed by atoms with Gasteiger partial charge in [-0.1, -0.05) is 40.5 Å². The van der Waals surface area contributed by atoms with Crippen LogP contribution in [0, 0.1) is 10.8 Å². The van der Waals surface area contributed by atoms with Gasteiger partial charge in [-0.05, 0) is 30.1 Å². The molecule has 0 spiro atoms. The van der Waals surface area contributed by atoms with Crippen LogP contribution in [0.25, 0.3) is 0 Å². The third-order valence-corrected chi connectivity index (χ3v) is 4.43. The van der Waals surface area contributed by atoms with Gasteiger partial charge in [0.15, 0.2) is 0 Å². The molecule has 0 aromatic carbocycles. The molecular formula is C15H28N2O3. The third-order valence-electron chi connectivity index (χ3n) is 4.43. The summed E-state index contributed by atoms with van der Waals surface area (Å²) in [5, 5.41) is 14.6. The van der Waals surface area contributed by atoms with Crippen molar-refractivity contribution in [2.75, 3.05) is 6.54 Å². The monoisotopic (exact) mass is 284 g/mol. The SMILES string of the molecule is CCC1(CNC(=O)NC(C(=O)O)C(C)(C)C)CCCC1. The lowest BCUT2D eigenvalue weighted by Gasteiger charge is -2.30. The van der Waals surface area contributed by atoms with Crippen LogP contribution in [0.1, 0.15) is 59.8 Å². The van der Waals surface area contributed by atoms with Crippen LogP contribution in [-0.4, -0.2) is 29.7 Å². The number of carboxylic acids is 1. The highest BCUT2D eigenvalue weighted by Gasteiger charge is 2.35. The molecule has 1 atom stereocenters. The van der Waals surface area contributed by atoms with Crippen molar-refractivity contribution < 1.29 is 14.7 Å². The molecule has 116 valence electrons. The first-order valence-corrected chi connectivity index (χ1v) is 7.47. The Hall–Kier alpha value is -1.26. The topological polar surface area (TPSA) is 78.4 Å². The highest BCUT2D eigenvalue weighted by atomic mass is 16.4. The van der Waals surface area contributed by atoms with Crippen molar-refractivity contribution in [3.05, 3.63) is 0 Å². The smallest absolute Gasteiger partial charge is 0.326 e. The number of aliphatic carboxylic acids is 1. The molecule has 5 heteroatoms. The van der Waals surface area contributed by atoms with Crippen LogP contribution in [0.15, 0.2) is 0 Å². The summed E-state index contributed by atoms with van der Waals surface area (Å²) in [5.74, 6) is -1.00. The lowest BCUT2D eigenvalue weighted by molar-refractivity contribution is -0.141. The number of carbonyl (C=O) groups excluding carboxylic acids is 1. The molecule has 0 saturated heterocycles. The van der Waals surface area contributed by atoms with Crippen molar-refractivity contribution in [2.45, 2.75) is 65.8 Å². The van der Waals surface area contributed by atoms with Crippen LogP contribution < -0.4 is 10.6 Å². The minimum Gasteiger partial charge on any atom is -0.480 e. The van der Waals surface area contributed by atoms with Gasteiger partial charge in [-0.2, -0.15) is 0 Å². The minimum absolute atomic E-state index is 0.206. The van der Waals surface area contributed by atoms with Gasteiger partial charge >= 0.3 is 12.0 Å². The number of hydrogen-bond donors (Lipinski definition) is 3. The highest BCUT2D eigenvalue weighted by Crippen LogP contribution is 2.40. The van der Waals surface area contributed by atoms with Crippen molar-refractivity contribution in [2.24, 2.45) is 10.8 Å². The van der Waals surface area contributed by atoms with E-state index < -0.39 is 17.4 Å². The summed E-state index contributed by atoms with van der Waals surface area (Å²) in [6, 6.07) is -1.27. The second-order valence-corrected chi connectivity index (χ2v) is 7.02. The standard InChI is InChI=1S/C15H28N2O3/c1-5-15(8-6-7-9-15)10-16-13(20)17-11(12(18)19)14(2,3)4/h11H,5-10H2,1-4H3,(H,18,19)(H2,16,17,20). The molecule has 3 N–H and O–H groups in total. The summed E-state index contributed by atoms with van der Waals surface area (Å²) in [7, 11) is 0. The summed E-state index contributed by atoms with van der Waals surface area (Å²) in [4.78, 5) is 23.2. The van der Waals surface area contributed by atoms with Crippen LogP contribution in [-0.2, 0) is 4.79 Å². The highest BCUT2D eigenvalue weighted by molar-refractivity contribution is 5.83. The lowest BCUT2D eigenvalue weighted by atomic mass is 9.83. The minimum atomic E-state index is -1.00. The summed E-state index contributed by atoms with van der Waals surface area (Å²) in [5.41, 5.74) is -0.309. The van der Waals surface area contributed by atoms with Crippen LogP contribution in [0.4, 0.5) is 4.79 Å². The maximum atomic E-state index is 11.9. The number of amides is 2. The fourth-order valence-electron chi connectivity index (χ4n) is 2.88. The van der Waals surface area contributed by atoms with E-state index in [0.717, 1.165) is 19.3 Å². The summed E-state index contributed by atoms with van der Waals surface area (Å²) < 4.78 is 0. The van der Waals surface area contributed by atoms with Gasteiger partial charge in [0, 0.05) is 6.54 Å². The van der Waals surface area contributed by atoms with Gasteiger partial charge in [0.2, 0.25) is 0 Å². The third kappa shape index (κ3) is 4.39. The first-order valence-electron chi connectivity index (χ1n) is 7.47. The van der Waals surface area contributed by atoms with Crippen molar-refractivity contribution in [3.63, 3.8) is 0 Å². The van der Waals surface area contributed by atoms with Crippen LogP contribution in [0.5, 0.6) is 0 Å². The van der Waals surface area contributed by atoms with Crippen molar-refractivity contribution in [1.29, 1.82) is 0 Å². The largest absolute Gasteiger partial charge is 0.480 e. The zero-order chi connectivity index (χ0) is 15.4. The molecule has 0 aliphatic heterocycles. The van der Waals surface area contributed by atoms with Crippen LogP contribution in [0.3, 0.4) is 0 Å². The van der Waals surface area contributed by atoms with Crippen LogP contribution >= 0.6 is 0 Å². The molecule has 0 aromatic heterocycles. The number of rotatable bonds is 5. The maximum absolute atomic E-state index is 11.9. The molecule has 1 aliphatic rings. The second kappa shape index (κ2) is 6.46. The van der Waals surface area contributed by atoms with Gasteiger partial charge in [-0.25, -0.2) is 9.59 Å². The Morgan fingerprint density at radius 2 is 1.80 bits per heavy atom. The molecule has 0 heterocycles. The normalized spacial score (nSPS) is 19.4. The molecule has 5 nitrogen and oxygen atoms in total. The molecule has 1 fully saturated rings. The average molecular weight is 284 g/mol. The Balaban J connectivity index is 2.52. The van der Waals surface area contributed by atoms with E-state index in [1.165, 1.54) is 12.8 Å². The molecule has 0 radical (unpaired) electrons. The van der Waals surface area contributed by atoms with E-state index in [0.29, 0.717) is 6.54 Å². The fraction of sp³-hybridized carbons (Fsp3) is 0.867. The van der Waals surface area contributed by atoms with Gasteiger partial charge < -0.3 is 15.7 Å². The lowest BCUT2D eigenvalue weighted by Crippen LogP contribution is -2.53. The van der Waals surface area contributed by atoms with Gasteiger partial charge in [-0.3, -0.25) is 0 Å². The number of urea groups is 1. The average Bonchev–Trinajstić information content (AvgIpc) is 2.81. The van der Waals surface area contributed by atoms with Crippen molar-refractivity contribution in [3.8, 4) is 0 Å². The zero-order valence-corrected chi connectivity index (χ0v) is 13.1. The second-order valence-electron chi connectivity index (χ2n) is 7.02. The van der Waals surface area contributed by atoms with Crippen molar-refractivity contribution >= 4 is 12.0 Å². The number of nitrogens with one attached hydrogen (secondary N) is 2. The predicted molar refractivity (Wildman–Crippen MR) is 78.6 cm³/mol. The Morgan fingerprint density at radius 3 is 2.20 bits per heavy atom. The number of carbonyl (C=O) groups is 2. The van der Waals surface area contributed by atoms with E-state index in [1.807, 2.05) is 0 Å². The van der Waals surface area contributed by atoms with Crippen LogP contribution in [0.2, 0.25) is 0 Å². The Morgan fingerprint density at radius 1 is 1.25 bits per heavy atom. The van der Waals surface area contributed by atoms with Gasteiger partial charge in [0.1, 0.15) is 6.04 Å². The molecule has 1 aliphatic carbocycles. The quantitative estimate of drug-likeness (QED) is 0.726. The maximum Gasteiger partial charge on any atom is 0.326 e. The first-order chi connectivity index (χ1) is 9.20. The van der Waals surface area contributed by atoms with Gasteiger partial charge in [0.05, 0.1) is 0 Å². The molecule has 2 amide bonds. The van der Waals surface area contributed by atoms with Gasteiger partial charge in [0.25, 0.3) is 0 Å². The van der Waals surface area contributed by atoms with E-state index in [9.17, 15) is 14.7 Å². The summed E-state index contributed by atoms with van der Waals surface area (Å²) in [6.45, 7) is 8.19. The molecule has 1 unspecified atom stereocenters. The Labute approximate surface area is 121 Å². The van der Waals surface area contributed by atoms with E-state index in [4.69, 9.17) is 0 Å². The van der Waals surface area contributed by atoms with E-state index in [1.54, 1.807) is 20.8 Å². The number of carboxylic acid groups (broad SMARTS) is 1. The molecule has 1 rings (SSSR count). The molecule has 0 aromatic rings. The molecule has 0 bridgehead atoms. The summed E-state index contributed by atoms with van der Waals surface area (Å²) >= 11 is 0. The van der Waals surface area contributed by atoms with Crippen molar-refractivity contribution in [1.82, 2.24) is 10.6 Å². The summed E-state index contributed by atoms with van der Waals surface area (Å²) in [6.07, 6.45) is 5.78. The first kappa shape index (κ1) is 16.8. The zero-order valence-electron chi connectivity index (χ0n) is 13.1. The molecule has 1 saturated carbocycles.